The first-order valence-corrected chi connectivity index (χ1v) is 12.7. The Balaban J connectivity index is 1.44. The fraction of sp³-hybridized carbons (Fsp3) is 0.0294. The van der Waals surface area contributed by atoms with Gasteiger partial charge in [-0.05, 0) is 53.1 Å². The zero-order chi connectivity index (χ0) is 25.2. The standard InChI is InChI=1S/C34H22N2O2/c1-2-30-33(26-20-35-18-17-32(26)37-30)23-11-7-14-28-25(23)19-21-9-3-5-13-27(21)36(28)29-15-8-12-24-22-10-4-6-16-31(22)38-34(24)29/h2-18,20H,1,19H2. The zero-order valence-electron chi connectivity index (χ0n) is 20.5. The lowest BCUT2D eigenvalue weighted by Gasteiger charge is -2.34. The minimum absolute atomic E-state index is 0.756. The topological polar surface area (TPSA) is 42.4 Å². The van der Waals surface area contributed by atoms with E-state index in [9.17, 15) is 0 Å². The third kappa shape index (κ3) is 2.88. The first kappa shape index (κ1) is 21.0. The van der Waals surface area contributed by atoms with E-state index >= 15 is 0 Å². The number of nitrogens with zero attached hydrogens (tertiary/aromatic N) is 2. The van der Waals surface area contributed by atoms with Crippen molar-refractivity contribution < 1.29 is 8.83 Å². The Hall–Kier alpha value is -5.09. The van der Waals surface area contributed by atoms with Crippen LogP contribution in [-0.4, -0.2) is 4.98 Å². The van der Waals surface area contributed by atoms with Crippen LogP contribution in [0.15, 0.2) is 119 Å². The fourth-order valence-electron chi connectivity index (χ4n) is 5.95. The van der Waals surface area contributed by atoms with Gasteiger partial charge in [-0.1, -0.05) is 67.2 Å². The maximum Gasteiger partial charge on any atom is 0.159 e. The van der Waals surface area contributed by atoms with E-state index in [1.54, 1.807) is 12.3 Å². The summed E-state index contributed by atoms with van der Waals surface area (Å²) in [5.41, 5.74) is 10.5. The number of hydrogen-bond donors (Lipinski definition) is 0. The number of hydrogen-bond acceptors (Lipinski definition) is 4. The van der Waals surface area contributed by atoms with E-state index in [1.807, 2.05) is 24.4 Å². The van der Waals surface area contributed by atoms with E-state index in [0.29, 0.717) is 0 Å². The number of anilines is 3. The van der Waals surface area contributed by atoms with Gasteiger partial charge in [-0.3, -0.25) is 4.98 Å². The van der Waals surface area contributed by atoms with Gasteiger partial charge in [-0.25, -0.2) is 0 Å². The molecule has 0 atom stereocenters. The summed E-state index contributed by atoms with van der Waals surface area (Å²) < 4.78 is 12.7. The summed E-state index contributed by atoms with van der Waals surface area (Å²) in [6.45, 7) is 4.04. The van der Waals surface area contributed by atoms with Gasteiger partial charge in [0.25, 0.3) is 0 Å². The number of para-hydroxylation sites is 3. The number of furan rings is 2. The highest BCUT2D eigenvalue weighted by atomic mass is 16.3. The average molecular weight is 491 g/mol. The Bertz CT molecular complexity index is 2050. The van der Waals surface area contributed by atoms with E-state index < -0.39 is 0 Å². The van der Waals surface area contributed by atoms with Crippen molar-refractivity contribution >= 4 is 56.0 Å². The maximum atomic E-state index is 6.49. The van der Waals surface area contributed by atoms with Crippen LogP contribution in [0, 0.1) is 0 Å². The Morgan fingerprint density at radius 1 is 0.711 bits per heavy atom. The maximum absolute atomic E-state index is 6.49. The van der Waals surface area contributed by atoms with Crippen molar-refractivity contribution in [3.8, 4) is 11.1 Å². The fourth-order valence-corrected chi connectivity index (χ4v) is 5.95. The lowest BCUT2D eigenvalue weighted by atomic mass is 9.88. The molecule has 38 heavy (non-hydrogen) atoms. The van der Waals surface area contributed by atoms with Gasteiger partial charge in [0.2, 0.25) is 0 Å². The second-order valence-electron chi connectivity index (χ2n) is 9.61. The molecule has 0 saturated heterocycles. The summed E-state index contributed by atoms with van der Waals surface area (Å²) in [5, 5.41) is 3.22. The minimum Gasteiger partial charge on any atom is -0.456 e. The molecule has 0 bridgehead atoms. The molecule has 4 aromatic carbocycles. The van der Waals surface area contributed by atoms with Gasteiger partial charge in [0.15, 0.2) is 5.58 Å². The first-order valence-electron chi connectivity index (χ1n) is 12.7. The summed E-state index contributed by atoms with van der Waals surface area (Å²) in [7, 11) is 0. The number of rotatable bonds is 3. The molecule has 0 saturated carbocycles. The Kier molecular flexibility index (Phi) is 4.40. The van der Waals surface area contributed by atoms with Crippen LogP contribution >= 0.6 is 0 Å². The van der Waals surface area contributed by atoms with E-state index in [2.05, 4.69) is 89.3 Å². The number of fused-ring (bicyclic) bond motifs is 6. The molecule has 1 aliphatic rings. The van der Waals surface area contributed by atoms with Crippen LogP contribution in [-0.2, 0) is 6.42 Å². The predicted molar refractivity (Wildman–Crippen MR) is 154 cm³/mol. The van der Waals surface area contributed by atoms with Gasteiger partial charge in [0.05, 0.1) is 11.4 Å². The van der Waals surface area contributed by atoms with Gasteiger partial charge in [0, 0.05) is 46.2 Å². The molecule has 8 rings (SSSR count). The largest absolute Gasteiger partial charge is 0.456 e. The van der Waals surface area contributed by atoms with E-state index in [0.717, 1.165) is 73.3 Å². The SMILES string of the molecule is C=Cc1oc2ccncc2c1-c1cccc2c1Cc1ccccc1N2c1cccc2c1oc1ccccc12. The summed E-state index contributed by atoms with van der Waals surface area (Å²) in [6, 6.07) is 31.7. The van der Waals surface area contributed by atoms with Crippen LogP contribution < -0.4 is 4.90 Å². The highest BCUT2D eigenvalue weighted by molar-refractivity contribution is 6.11. The molecule has 0 N–H and O–H groups in total. The lowest BCUT2D eigenvalue weighted by molar-refractivity contribution is 0.605. The molecule has 4 heteroatoms. The molecule has 0 aliphatic carbocycles. The highest BCUT2D eigenvalue weighted by Gasteiger charge is 2.29. The monoisotopic (exact) mass is 490 g/mol. The van der Waals surface area contributed by atoms with Crippen molar-refractivity contribution in [3.05, 3.63) is 127 Å². The normalized spacial score (nSPS) is 12.7. The smallest absolute Gasteiger partial charge is 0.159 e. The van der Waals surface area contributed by atoms with Gasteiger partial charge >= 0.3 is 0 Å². The Morgan fingerprint density at radius 2 is 1.47 bits per heavy atom. The third-order valence-corrected chi connectivity index (χ3v) is 7.59. The van der Waals surface area contributed by atoms with Crippen LogP contribution in [0.3, 0.4) is 0 Å². The highest BCUT2D eigenvalue weighted by Crippen LogP contribution is 2.50. The van der Waals surface area contributed by atoms with Crippen LogP contribution in [0.2, 0.25) is 0 Å². The second kappa shape index (κ2) is 7.95. The number of aromatic nitrogens is 1. The van der Waals surface area contributed by atoms with Crippen LogP contribution in [0.25, 0.3) is 50.1 Å². The second-order valence-corrected chi connectivity index (χ2v) is 9.61. The van der Waals surface area contributed by atoms with Crippen molar-refractivity contribution in [1.29, 1.82) is 0 Å². The molecule has 0 radical (unpaired) electrons. The Morgan fingerprint density at radius 3 is 2.42 bits per heavy atom. The number of pyridine rings is 1. The first-order chi connectivity index (χ1) is 18.8. The molecule has 7 aromatic rings. The van der Waals surface area contributed by atoms with Gasteiger partial charge in [0.1, 0.15) is 16.9 Å². The zero-order valence-corrected chi connectivity index (χ0v) is 20.5. The molecule has 3 aromatic heterocycles. The average Bonchev–Trinajstić information content (AvgIpc) is 3.54. The molecule has 0 amide bonds. The molecule has 0 spiro atoms. The lowest BCUT2D eigenvalue weighted by Crippen LogP contribution is -2.19. The predicted octanol–water partition coefficient (Wildman–Crippen LogP) is 9.41. The molecule has 0 unspecified atom stereocenters. The van der Waals surface area contributed by atoms with Crippen molar-refractivity contribution in [1.82, 2.24) is 4.98 Å². The summed E-state index contributed by atoms with van der Waals surface area (Å²) in [4.78, 5) is 6.74. The minimum atomic E-state index is 0.756. The quantitative estimate of drug-likeness (QED) is 0.247. The van der Waals surface area contributed by atoms with Crippen molar-refractivity contribution in [2.45, 2.75) is 6.42 Å². The van der Waals surface area contributed by atoms with Crippen LogP contribution in [0.1, 0.15) is 16.9 Å². The van der Waals surface area contributed by atoms with Gasteiger partial charge in [-0.2, -0.15) is 0 Å². The van der Waals surface area contributed by atoms with E-state index in [4.69, 9.17) is 8.83 Å². The summed E-state index contributed by atoms with van der Waals surface area (Å²) in [6.07, 6.45) is 6.23. The molecule has 4 nitrogen and oxygen atoms in total. The molecular weight excluding hydrogens is 468 g/mol. The summed E-state index contributed by atoms with van der Waals surface area (Å²) >= 11 is 0. The third-order valence-electron chi connectivity index (χ3n) is 7.59. The summed E-state index contributed by atoms with van der Waals surface area (Å²) in [5.74, 6) is 0.756. The molecule has 180 valence electrons. The molecule has 1 aliphatic heterocycles. The Labute approximate surface area is 219 Å². The van der Waals surface area contributed by atoms with E-state index in [1.165, 1.54) is 11.1 Å². The van der Waals surface area contributed by atoms with Crippen molar-refractivity contribution in [3.63, 3.8) is 0 Å². The van der Waals surface area contributed by atoms with E-state index in [-0.39, 0.29) is 0 Å². The number of benzene rings is 4. The van der Waals surface area contributed by atoms with Gasteiger partial charge < -0.3 is 13.7 Å². The molecule has 0 fully saturated rings. The van der Waals surface area contributed by atoms with Crippen LogP contribution in [0.4, 0.5) is 17.1 Å². The van der Waals surface area contributed by atoms with Crippen LogP contribution in [0.5, 0.6) is 0 Å². The molecule has 4 heterocycles. The van der Waals surface area contributed by atoms with Crippen molar-refractivity contribution in [2.24, 2.45) is 0 Å². The van der Waals surface area contributed by atoms with Crippen molar-refractivity contribution in [2.75, 3.05) is 4.90 Å². The molecular formula is C34H22N2O2. The van der Waals surface area contributed by atoms with Gasteiger partial charge in [-0.15, -0.1) is 0 Å².